The zero-order valence-electron chi connectivity index (χ0n) is 11.9. The minimum Gasteiger partial charge on any atom is -0.378 e. The van der Waals surface area contributed by atoms with E-state index in [1.807, 2.05) is 43.5 Å². The topological polar surface area (TPSA) is 72.2 Å². The second-order valence-corrected chi connectivity index (χ2v) is 7.09. The zero-order chi connectivity index (χ0) is 15.5. The Bertz CT molecular complexity index is 730. The molecule has 112 valence electrons. The molecule has 0 fully saturated rings. The average molecular weight is 322 g/mol. The molecule has 4 nitrogen and oxygen atoms in total. The van der Waals surface area contributed by atoms with Gasteiger partial charge in [-0.25, -0.2) is 13.6 Å². The normalized spacial score (nSPS) is 12.9. The van der Waals surface area contributed by atoms with E-state index in [1.54, 1.807) is 23.9 Å². The van der Waals surface area contributed by atoms with E-state index in [9.17, 15) is 8.42 Å². The summed E-state index contributed by atoms with van der Waals surface area (Å²) in [4.78, 5) is 1.28. The van der Waals surface area contributed by atoms with E-state index < -0.39 is 10.0 Å². The molecule has 0 heterocycles. The molecule has 0 saturated heterocycles. The van der Waals surface area contributed by atoms with Crippen LogP contribution >= 0.6 is 11.8 Å². The molecule has 0 aromatic heterocycles. The molecular weight excluding hydrogens is 304 g/mol. The van der Waals surface area contributed by atoms with Crippen LogP contribution in [0.15, 0.2) is 58.3 Å². The number of para-hydroxylation sites is 1. The van der Waals surface area contributed by atoms with Gasteiger partial charge in [0, 0.05) is 16.6 Å². The lowest BCUT2D eigenvalue weighted by Crippen LogP contribution is -2.13. The Morgan fingerprint density at radius 3 is 2.52 bits per heavy atom. The number of primary sulfonamides is 1. The van der Waals surface area contributed by atoms with Crippen molar-refractivity contribution in [1.82, 2.24) is 0 Å². The lowest BCUT2D eigenvalue weighted by molar-refractivity contribution is 0.597. The van der Waals surface area contributed by atoms with Gasteiger partial charge in [0.2, 0.25) is 10.0 Å². The Morgan fingerprint density at radius 2 is 1.86 bits per heavy atom. The molecule has 0 amide bonds. The Labute approximate surface area is 129 Å². The number of nitrogens with one attached hydrogen (secondary N) is 1. The van der Waals surface area contributed by atoms with E-state index in [1.165, 1.54) is 6.07 Å². The van der Waals surface area contributed by atoms with Crippen molar-refractivity contribution in [3.05, 3.63) is 54.1 Å². The van der Waals surface area contributed by atoms with Gasteiger partial charge in [-0.05, 0) is 43.0 Å². The van der Waals surface area contributed by atoms with Crippen molar-refractivity contribution in [3.8, 4) is 0 Å². The van der Waals surface area contributed by atoms with Crippen LogP contribution in [-0.4, -0.2) is 14.7 Å². The van der Waals surface area contributed by atoms with Crippen LogP contribution in [0.25, 0.3) is 0 Å². The van der Waals surface area contributed by atoms with Crippen LogP contribution in [0.5, 0.6) is 0 Å². The highest BCUT2D eigenvalue weighted by atomic mass is 32.2. The van der Waals surface area contributed by atoms with Crippen molar-refractivity contribution < 1.29 is 8.42 Å². The fraction of sp³-hybridized carbons (Fsp3) is 0.200. The molecule has 0 radical (unpaired) electrons. The quantitative estimate of drug-likeness (QED) is 0.829. The number of benzene rings is 2. The van der Waals surface area contributed by atoms with Gasteiger partial charge in [-0.15, -0.1) is 11.8 Å². The number of sulfonamides is 1. The Morgan fingerprint density at radius 1 is 1.14 bits per heavy atom. The molecule has 0 aliphatic rings. The summed E-state index contributed by atoms with van der Waals surface area (Å²) in [6.45, 7) is 1.99. The standard InChI is InChI=1S/C15H18N2O2S2/c1-11(17-14-8-3-4-9-15(14)20-2)12-6-5-7-13(10-12)21(16,18)19/h3-11,17H,1-2H3,(H2,16,18,19). The maximum atomic E-state index is 11.4. The number of thioether (sulfide) groups is 1. The predicted octanol–water partition coefficient (Wildman–Crippen LogP) is 3.23. The first-order valence-electron chi connectivity index (χ1n) is 6.44. The van der Waals surface area contributed by atoms with Crippen molar-refractivity contribution in [2.75, 3.05) is 11.6 Å². The number of rotatable bonds is 5. The average Bonchev–Trinajstić information content (AvgIpc) is 2.47. The van der Waals surface area contributed by atoms with Gasteiger partial charge in [-0.1, -0.05) is 24.3 Å². The second-order valence-electron chi connectivity index (χ2n) is 4.68. The van der Waals surface area contributed by atoms with Gasteiger partial charge in [-0.2, -0.15) is 0 Å². The maximum absolute atomic E-state index is 11.4. The summed E-state index contributed by atoms with van der Waals surface area (Å²) in [5, 5.41) is 8.57. The van der Waals surface area contributed by atoms with Crippen molar-refractivity contribution in [3.63, 3.8) is 0 Å². The lowest BCUT2D eigenvalue weighted by Gasteiger charge is -2.18. The summed E-state index contributed by atoms with van der Waals surface area (Å²) in [5.74, 6) is 0. The summed E-state index contributed by atoms with van der Waals surface area (Å²) >= 11 is 1.66. The highest BCUT2D eigenvalue weighted by molar-refractivity contribution is 7.98. The van der Waals surface area contributed by atoms with Crippen molar-refractivity contribution in [2.24, 2.45) is 5.14 Å². The molecule has 1 atom stereocenters. The van der Waals surface area contributed by atoms with Gasteiger partial charge in [0.15, 0.2) is 0 Å². The van der Waals surface area contributed by atoms with Gasteiger partial charge >= 0.3 is 0 Å². The monoisotopic (exact) mass is 322 g/mol. The third-order valence-corrected chi connectivity index (χ3v) is 4.87. The van der Waals surface area contributed by atoms with Crippen LogP contribution in [0.2, 0.25) is 0 Å². The Balaban J connectivity index is 2.27. The first-order chi connectivity index (χ1) is 9.91. The second kappa shape index (κ2) is 6.51. The molecule has 1 unspecified atom stereocenters. The first-order valence-corrected chi connectivity index (χ1v) is 9.21. The zero-order valence-corrected chi connectivity index (χ0v) is 13.5. The third-order valence-electron chi connectivity index (χ3n) is 3.17. The summed E-state index contributed by atoms with van der Waals surface area (Å²) in [7, 11) is -3.68. The number of hydrogen-bond acceptors (Lipinski definition) is 4. The molecule has 0 aliphatic heterocycles. The van der Waals surface area contributed by atoms with Gasteiger partial charge in [0.1, 0.15) is 0 Å². The molecule has 21 heavy (non-hydrogen) atoms. The van der Waals surface area contributed by atoms with E-state index >= 15 is 0 Å². The summed E-state index contributed by atoms with van der Waals surface area (Å²) in [6.07, 6.45) is 2.02. The smallest absolute Gasteiger partial charge is 0.238 e. The number of anilines is 1. The van der Waals surface area contributed by atoms with E-state index in [0.29, 0.717) is 0 Å². The number of nitrogens with two attached hydrogens (primary N) is 1. The van der Waals surface area contributed by atoms with E-state index in [2.05, 4.69) is 5.32 Å². The van der Waals surface area contributed by atoms with Crippen LogP contribution < -0.4 is 10.5 Å². The molecule has 2 rings (SSSR count). The van der Waals surface area contributed by atoms with E-state index in [-0.39, 0.29) is 10.9 Å². The van der Waals surface area contributed by atoms with Gasteiger partial charge in [-0.3, -0.25) is 0 Å². The number of hydrogen-bond donors (Lipinski definition) is 2. The molecule has 2 aromatic rings. The minimum atomic E-state index is -3.68. The Hall–Kier alpha value is -1.50. The molecule has 0 bridgehead atoms. The lowest BCUT2D eigenvalue weighted by atomic mass is 10.1. The van der Waals surface area contributed by atoms with E-state index in [0.717, 1.165) is 16.1 Å². The van der Waals surface area contributed by atoms with Crippen LogP contribution in [0, 0.1) is 0 Å². The van der Waals surface area contributed by atoms with Crippen LogP contribution in [-0.2, 0) is 10.0 Å². The van der Waals surface area contributed by atoms with Gasteiger partial charge in [0.25, 0.3) is 0 Å². The Kier molecular flexibility index (Phi) is 4.92. The fourth-order valence-electron chi connectivity index (χ4n) is 2.04. The molecule has 0 aliphatic carbocycles. The predicted molar refractivity (Wildman–Crippen MR) is 88.1 cm³/mol. The molecule has 2 aromatic carbocycles. The maximum Gasteiger partial charge on any atom is 0.238 e. The van der Waals surface area contributed by atoms with E-state index in [4.69, 9.17) is 5.14 Å². The van der Waals surface area contributed by atoms with Crippen molar-refractivity contribution in [1.29, 1.82) is 0 Å². The van der Waals surface area contributed by atoms with Crippen LogP contribution in [0.3, 0.4) is 0 Å². The molecule has 0 spiro atoms. The largest absolute Gasteiger partial charge is 0.378 e. The summed E-state index contributed by atoms with van der Waals surface area (Å²) in [6, 6.07) is 14.7. The first kappa shape index (κ1) is 15.9. The van der Waals surface area contributed by atoms with Crippen LogP contribution in [0.4, 0.5) is 5.69 Å². The third kappa shape index (κ3) is 4.00. The van der Waals surface area contributed by atoms with Gasteiger partial charge < -0.3 is 5.32 Å². The van der Waals surface area contributed by atoms with Crippen molar-refractivity contribution >= 4 is 27.5 Å². The fourth-order valence-corrected chi connectivity index (χ4v) is 3.17. The highest BCUT2D eigenvalue weighted by Crippen LogP contribution is 2.28. The molecule has 6 heteroatoms. The highest BCUT2D eigenvalue weighted by Gasteiger charge is 2.12. The molecule has 3 N–H and O–H groups in total. The van der Waals surface area contributed by atoms with Gasteiger partial charge in [0.05, 0.1) is 4.90 Å². The molecular formula is C15H18N2O2S2. The SMILES string of the molecule is CSc1ccccc1NC(C)c1cccc(S(N)(=O)=O)c1. The van der Waals surface area contributed by atoms with Crippen LogP contribution in [0.1, 0.15) is 18.5 Å². The minimum absolute atomic E-state index is 0.0278. The van der Waals surface area contributed by atoms with Crippen molar-refractivity contribution in [2.45, 2.75) is 22.8 Å². The summed E-state index contributed by atoms with van der Waals surface area (Å²) in [5.41, 5.74) is 1.90. The molecule has 0 saturated carbocycles. The summed E-state index contributed by atoms with van der Waals surface area (Å²) < 4.78 is 22.8.